The summed E-state index contributed by atoms with van der Waals surface area (Å²) in [5.41, 5.74) is 3.74. The van der Waals surface area contributed by atoms with Crippen LogP contribution in [0.1, 0.15) is 44.7 Å². The minimum Gasteiger partial charge on any atom is -0.324 e. The zero-order chi connectivity index (χ0) is 21.8. The van der Waals surface area contributed by atoms with E-state index < -0.39 is 0 Å². The van der Waals surface area contributed by atoms with E-state index in [0.29, 0.717) is 18.1 Å². The van der Waals surface area contributed by atoms with Gasteiger partial charge in [0.1, 0.15) is 5.01 Å². The van der Waals surface area contributed by atoms with Crippen molar-refractivity contribution in [2.45, 2.75) is 32.6 Å². The summed E-state index contributed by atoms with van der Waals surface area (Å²) >= 11 is 1.30. The van der Waals surface area contributed by atoms with Gasteiger partial charge in [-0.3, -0.25) is 4.79 Å². The highest BCUT2D eigenvalue weighted by Gasteiger charge is 2.28. The molecule has 1 saturated heterocycles. The van der Waals surface area contributed by atoms with Crippen LogP contribution < -0.4 is 10.6 Å². The number of likely N-dealkylation sites (tertiary alicyclic amines) is 1. The Bertz CT molecular complexity index is 1080. The van der Waals surface area contributed by atoms with Gasteiger partial charge in [0, 0.05) is 30.4 Å². The molecule has 160 valence electrons. The molecule has 0 saturated carbocycles. The monoisotopic (exact) mass is 435 g/mol. The van der Waals surface area contributed by atoms with Gasteiger partial charge in [-0.05, 0) is 56.5 Å². The van der Waals surface area contributed by atoms with Crippen molar-refractivity contribution in [2.75, 3.05) is 23.7 Å². The molecule has 0 spiro atoms. The minimum absolute atomic E-state index is 0.0791. The predicted molar refractivity (Wildman–Crippen MR) is 123 cm³/mol. The van der Waals surface area contributed by atoms with Crippen molar-refractivity contribution < 1.29 is 9.59 Å². The van der Waals surface area contributed by atoms with E-state index in [2.05, 4.69) is 20.8 Å². The molecule has 8 heteroatoms. The Balaban J connectivity index is 1.38. The normalized spacial score (nSPS) is 16.1. The maximum Gasteiger partial charge on any atom is 0.321 e. The number of hydrogen-bond acceptors (Lipinski definition) is 5. The lowest BCUT2D eigenvalue weighted by Crippen LogP contribution is -2.41. The third-order valence-corrected chi connectivity index (χ3v) is 6.36. The third-order valence-electron chi connectivity index (χ3n) is 5.27. The van der Waals surface area contributed by atoms with Crippen molar-refractivity contribution in [3.05, 3.63) is 69.7 Å². The molecule has 0 bridgehead atoms. The third kappa shape index (κ3) is 5.27. The highest BCUT2D eigenvalue weighted by Crippen LogP contribution is 2.29. The molecule has 7 nitrogen and oxygen atoms in total. The SMILES string of the molecule is Cc1ccc(NC(=O)c2nnc([C@@H]3CCCN(C(=O)Nc4cccc(C)c4)C3)s2)cc1. The average Bonchev–Trinajstić information content (AvgIpc) is 3.26. The van der Waals surface area contributed by atoms with E-state index in [9.17, 15) is 9.59 Å². The lowest BCUT2D eigenvalue weighted by molar-refractivity contribution is 0.102. The van der Waals surface area contributed by atoms with Crippen LogP contribution in [0.15, 0.2) is 48.5 Å². The predicted octanol–water partition coefficient (Wildman–Crippen LogP) is 4.82. The molecule has 3 amide bonds. The molecule has 31 heavy (non-hydrogen) atoms. The van der Waals surface area contributed by atoms with E-state index in [1.807, 2.05) is 67.3 Å². The van der Waals surface area contributed by atoms with Gasteiger partial charge in [-0.15, -0.1) is 10.2 Å². The number of hydrogen-bond donors (Lipinski definition) is 2. The van der Waals surface area contributed by atoms with Crippen LogP contribution in [0.3, 0.4) is 0 Å². The molecule has 1 aliphatic rings. The van der Waals surface area contributed by atoms with Crippen molar-refractivity contribution in [1.82, 2.24) is 15.1 Å². The highest BCUT2D eigenvalue weighted by molar-refractivity contribution is 7.13. The van der Waals surface area contributed by atoms with Crippen LogP contribution in [0.5, 0.6) is 0 Å². The van der Waals surface area contributed by atoms with Crippen LogP contribution in [-0.2, 0) is 0 Å². The maximum atomic E-state index is 12.7. The quantitative estimate of drug-likeness (QED) is 0.615. The number of anilines is 2. The van der Waals surface area contributed by atoms with Crippen molar-refractivity contribution in [2.24, 2.45) is 0 Å². The second kappa shape index (κ2) is 9.26. The average molecular weight is 436 g/mol. The maximum absolute atomic E-state index is 12.7. The summed E-state index contributed by atoms with van der Waals surface area (Å²) < 4.78 is 0. The molecule has 3 aromatic rings. The molecule has 2 N–H and O–H groups in total. The Labute approximate surface area is 185 Å². The van der Waals surface area contributed by atoms with Crippen LogP contribution >= 0.6 is 11.3 Å². The Morgan fingerprint density at radius 1 is 1.00 bits per heavy atom. The molecule has 0 unspecified atom stereocenters. The lowest BCUT2D eigenvalue weighted by Gasteiger charge is -2.31. The summed E-state index contributed by atoms with van der Waals surface area (Å²) in [4.78, 5) is 27.0. The van der Waals surface area contributed by atoms with Crippen molar-refractivity contribution in [1.29, 1.82) is 0 Å². The van der Waals surface area contributed by atoms with E-state index in [1.165, 1.54) is 11.3 Å². The summed E-state index contributed by atoms with van der Waals surface area (Å²) in [6.45, 7) is 5.26. The molecule has 2 heterocycles. The standard InChI is InChI=1S/C23H25N5O2S/c1-15-8-10-18(11-9-15)24-20(29)22-27-26-21(31-22)17-6-4-12-28(14-17)23(30)25-19-7-3-5-16(2)13-19/h3,5,7-11,13,17H,4,6,12,14H2,1-2H3,(H,24,29)(H,25,30)/t17-/m1/s1. The molecule has 4 rings (SSSR count). The molecule has 1 fully saturated rings. The van der Waals surface area contributed by atoms with Gasteiger partial charge in [0.15, 0.2) is 0 Å². The minimum atomic E-state index is -0.266. The van der Waals surface area contributed by atoms with Crippen LogP contribution in [-0.4, -0.2) is 40.1 Å². The van der Waals surface area contributed by atoms with Crippen LogP contribution in [0.25, 0.3) is 0 Å². The number of carbonyl (C=O) groups excluding carboxylic acids is 2. The number of carbonyl (C=O) groups is 2. The summed E-state index contributed by atoms with van der Waals surface area (Å²) in [6, 6.07) is 15.3. The van der Waals surface area contributed by atoms with Gasteiger partial charge in [0.25, 0.3) is 5.91 Å². The molecular formula is C23H25N5O2S. The summed E-state index contributed by atoms with van der Waals surface area (Å²) in [5.74, 6) is -0.187. The van der Waals surface area contributed by atoms with Gasteiger partial charge in [-0.1, -0.05) is 41.2 Å². The molecule has 1 aromatic heterocycles. The number of aromatic nitrogens is 2. The van der Waals surface area contributed by atoms with E-state index in [0.717, 1.165) is 40.4 Å². The molecule has 1 aliphatic heterocycles. The van der Waals surface area contributed by atoms with Crippen LogP contribution in [0, 0.1) is 13.8 Å². The second-order valence-electron chi connectivity index (χ2n) is 7.85. The number of aryl methyl sites for hydroxylation is 2. The first-order valence-electron chi connectivity index (χ1n) is 10.3. The topological polar surface area (TPSA) is 87.2 Å². The molecule has 0 radical (unpaired) electrons. The van der Waals surface area contributed by atoms with Gasteiger partial charge in [-0.25, -0.2) is 4.79 Å². The zero-order valence-corrected chi connectivity index (χ0v) is 18.4. The van der Waals surface area contributed by atoms with Crippen molar-refractivity contribution >= 4 is 34.6 Å². The van der Waals surface area contributed by atoms with Gasteiger partial charge in [0.05, 0.1) is 0 Å². The Hall–Kier alpha value is -3.26. The summed E-state index contributed by atoms with van der Waals surface area (Å²) in [5, 5.41) is 15.3. The number of benzene rings is 2. The zero-order valence-electron chi connectivity index (χ0n) is 17.6. The number of nitrogens with one attached hydrogen (secondary N) is 2. The largest absolute Gasteiger partial charge is 0.324 e. The molecular weight excluding hydrogens is 410 g/mol. The summed E-state index contributed by atoms with van der Waals surface area (Å²) in [7, 11) is 0. The highest BCUT2D eigenvalue weighted by atomic mass is 32.1. The Morgan fingerprint density at radius 2 is 1.81 bits per heavy atom. The molecule has 1 atom stereocenters. The van der Waals surface area contributed by atoms with E-state index in [1.54, 1.807) is 0 Å². The number of nitrogens with zero attached hydrogens (tertiary/aromatic N) is 3. The second-order valence-corrected chi connectivity index (χ2v) is 8.86. The van der Waals surface area contributed by atoms with Crippen LogP contribution in [0.2, 0.25) is 0 Å². The fourth-order valence-corrected chi connectivity index (χ4v) is 4.47. The number of amides is 3. The van der Waals surface area contributed by atoms with E-state index in [-0.39, 0.29) is 17.9 Å². The number of rotatable bonds is 4. The van der Waals surface area contributed by atoms with Crippen molar-refractivity contribution in [3.63, 3.8) is 0 Å². The first-order chi connectivity index (χ1) is 15.0. The molecule has 0 aliphatic carbocycles. The van der Waals surface area contributed by atoms with Gasteiger partial charge in [-0.2, -0.15) is 0 Å². The van der Waals surface area contributed by atoms with E-state index >= 15 is 0 Å². The van der Waals surface area contributed by atoms with Gasteiger partial charge >= 0.3 is 6.03 Å². The van der Waals surface area contributed by atoms with E-state index in [4.69, 9.17) is 0 Å². The summed E-state index contributed by atoms with van der Waals surface area (Å²) in [6.07, 6.45) is 1.80. The lowest BCUT2D eigenvalue weighted by atomic mass is 9.99. The van der Waals surface area contributed by atoms with Gasteiger partial charge in [0.2, 0.25) is 5.01 Å². The first kappa shape index (κ1) is 21.0. The smallest absolute Gasteiger partial charge is 0.321 e. The van der Waals surface area contributed by atoms with Crippen molar-refractivity contribution in [3.8, 4) is 0 Å². The number of urea groups is 1. The number of piperidine rings is 1. The van der Waals surface area contributed by atoms with Crippen LogP contribution in [0.4, 0.5) is 16.2 Å². The Kier molecular flexibility index (Phi) is 6.27. The fourth-order valence-electron chi connectivity index (χ4n) is 3.60. The molecule has 2 aromatic carbocycles. The Morgan fingerprint density at radius 3 is 2.58 bits per heavy atom. The fraction of sp³-hybridized carbons (Fsp3) is 0.304. The van der Waals surface area contributed by atoms with Gasteiger partial charge < -0.3 is 15.5 Å². The first-order valence-corrected chi connectivity index (χ1v) is 11.1.